The van der Waals surface area contributed by atoms with Gasteiger partial charge >= 0.3 is 0 Å². The topological polar surface area (TPSA) is 66.5 Å². The number of nitrogens with zero attached hydrogens (tertiary/aromatic N) is 1. The third-order valence-corrected chi connectivity index (χ3v) is 3.49. The number of aromatic amines is 1. The number of para-hydroxylation sites is 2. The molecule has 24 heavy (non-hydrogen) atoms. The number of H-pyrrole nitrogens is 1. The molecule has 5 heteroatoms. The van der Waals surface area contributed by atoms with Crippen LogP contribution in [0.5, 0.6) is 5.75 Å². The number of carbonyl (C=O) groups excluding carboxylic acids is 1. The van der Waals surface area contributed by atoms with Crippen LogP contribution in [-0.2, 0) is 0 Å². The molecule has 0 radical (unpaired) electrons. The summed E-state index contributed by atoms with van der Waals surface area (Å²) in [6.45, 7) is 3.84. The minimum atomic E-state index is -0.303. The second-order valence-corrected chi connectivity index (χ2v) is 5.65. The molecule has 2 N–H and O–H groups in total. The summed E-state index contributed by atoms with van der Waals surface area (Å²) in [7, 11) is 0. The number of hydrogen-bond acceptors (Lipinski definition) is 3. The number of benzene rings is 2. The van der Waals surface area contributed by atoms with Crippen molar-refractivity contribution in [1.82, 2.24) is 10.4 Å². The molecule has 0 aliphatic rings. The number of hydrazone groups is 1. The summed E-state index contributed by atoms with van der Waals surface area (Å²) >= 11 is 0. The van der Waals surface area contributed by atoms with Crippen LogP contribution < -0.4 is 10.2 Å². The van der Waals surface area contributed by atoms with Gasteiger partial charge in [0.25, 0.3) is 5.91 Å². The lowest BCUT2D eigenvalue weighted by atomic mass is 10.2. The van der Waals surface area contributed by atoms with E-state index in [9.17, 15) is 4.79 Å². The average molecular weight is 321 g/mol. The Hall–Kier alpha value is -3.08. The number of nitrogens with one attached hydrogen (secondary N) is 2. The minimum Gasteiger partial charge on any atom is -0.490 e. The fourth-order valence-electron chi connectivity index (χ4n) is 2.43. The van der Waals surface area contributed by atoms with Gasteiger partial charge in [0, 0.05) is 22.7 Å². The second-order valence-electron chi connectivity index (χ2n) is 5.65. The molecule has 122 valence electrons. The van der Waals surface area contributed by atoms with Crippen molar-refractivity contribution in [3.05, 3.63) is 65.9 Å². The number of carbonyl (C=O) groups is 1. The Kier molecular flexibility index (Phi) is 4.61. The van der Waals surface area contributed by atoms with Crippen LogP contribution in [0.4, 0.5) is 0 Å². The van der Waals surface area contributed by atoms with Crippen molar-refractivity contribution < 1.29 is 9.53 Å². The van der Waals surface area contributed by atoms with E-state index in [0.29, 0.717) is 11.3 Å². The van der Waals surface area contributed by atoms with Crippen LogP contribution in [0, 0.1) is 0 Å². The Morgan fingerprint density at radius 2 is 1.92 bits per heavy atom. The van der Waals surface area contributed by atoms with Gasteiger partial charge in [-0.25, -0.2) is 5.43 Å². The van der Waals surface area contributed by atoms with Crippen molar-refractivity contribution in [2.45, 2.75) is 20.0 Å². The monoisotopic (exact) mass is 321 g/mol. The molecule has 0 bridgehead atoms. The predicted molar refractivity (Wildman–Crippen MR) is 95.6 cm³/mol. The lowest BCUT2D eigenvalue weighted by Gasteiger charge is -2.12. The molecule has 2 aromatic carbocycles. The smallest absolute Gasteiger partial charge is 0.275 e. The third-order valence-electron chi connectivity index (χ3n) is 3.49. The highest BCUT2D eigenvalue weighted by atomic mass is 16.5. The van der Waals surface area contributed by atoms with Crippen molar-refractivity contribution >= 4 is 23.0 Å². The molecular formula is C19H19N3O2. The Morgan fingerprint density at radius 3 is 2.75 bits per heavy atom. The van der Waals surface area contributed by atoms with Gasteiger partial charge in [-0.05, 0) is 32.0 Å². The van der Waals surface area contributed by atoms with Gasteiger partial charge in [0.1, 0.15) is 5.75 Å². The van der Waals surface area contributed by atoms with Crippen LogP contribution in [-0.4, -0.2) is 23.2 Å². The van der Waals surface area contributed by atoms with E-state index in [0.717, 1.165) is 16.5 Å². The van der Waals surface area contributed by atoms with Gasteiger partial charge in [-0.15, -0.1) is 0 Å². The molecule has 5 nitrogen and oxygen atoms in total. The molecule has 0 aliphatic carbocycles. The van der Waals surface area contributed by atoms with E-state index in [2.05, 4.69) is 15.5 Å². The van der Waals surface area contributed by atoms with E-state index >= 15 is 0 Å². The van der Waals surface area contributed by atoms with Gasteiger partial charge in [-0.1, -0.05) is 30.3 Å². The number of ether oxygens (including phenoxy) is 1. The molecule has 3 rings (SSSR count). The zero-order chi connectivity index (χ0) is 16.9. The van der Waals surface area contributed by atoms with Gasteiger partial charge in [0.15, 0.2) is 0 Å². The molecule has 0 fully saturated rings. The van der Waals surface area contributed by atoms with Gasteiger partial charge < -0.3 is 9.72 Å². The molecule has 0 atom stereocenters. The second kappa shape index (κ2) is 7.00. The standard InChI is InChI=1S/C19H19N3O2/c1-13(2)24-18-10-6-4-8-16(18)19(23)22-21-12-14-11-20-17-9-5-3-7-15(14)17/h3-13,20H,1-2H3,(H,22,23)/b21-12-. The molecule has 1 heterocycles. The molecule has 0 unspecified atom stereocenters. The molecule has 1 aromatic heterocycles. The highest BCUT2D eigenvalue weighted by Crippen LogP contribution is 2.19. The van der Waals surface area contributed by atoms with Crippen molar-refractivity contribution in [2.24, 2.45) is 5.10 Å². The highest BCUT2D eigenvalue weighted by Gasteiger charge is 2.12. The van der Waals surface area contributed by atoms with Gasteiger partial charge in [0.05, 0.1) is 17.9 Å². The molecule has 3 aromatic rings. The summed E-state index contributed by atoms with van der Waals surface area (Å²) in [6.07, 6.45) is 3.48. The molecule has 0 saturated heterocycles. The van der Waals surface area contributed by atoms with Crippen LogP contribution in [0.15, 0.2) is 59.8 Å². The van der Waals surface area contributed by atoms with E-state index < -0.39 is 0 Å². The first-order valence-corrected chi connectivity index (χ1v) is 7.80. The maximum Gasteiger partial charge on any atom is 0.275 e. The number of amides is 1. The lowest BCUT2D eigenvalue weighted by Crippen LogP contribution is -2.19. The quantitative estimate of drug-likeness (QED) is 0.555. The normalized spacial score (nSPS) is 11.3. The van der Waals surface area contributed by atoms with Crippen LogP contribution in [0.1, 0.15) is 29.8 Å². The van der Waals surface area contributed by atoms with Crippen LogP contribution in [0.3, 0.4) is 0 Å². The minimum absolute atomic E-state index is 0.00586. The largest absolute Gasteiger partial charge is 0.490 e. The third kappa shape index (κ3) is 3.46. The lowest BCUT2D eigenvalue weighted by molar-refractivity contribution is 0.0949. The first-order chi connectivity index (χ1) is 11.6. The zero-order valence-corrected chi connectivity index (χ0v) is 13.6. The first-order valence-electron chi connectivity index (χ1n) is 7.80. The van der Waals surface area contributed by atoms with Crippen molar-refractivity contribution in [2.75, 3.05) is 0 Å². The summed E-state index contributed by atoms with van der Waals surface area (Å²) in [5, 5.41) is 5.12. The Balaban J connectivity index is 1.74. The molecule has 0 saturated carbocycles. The molecule has 0 spiro atoms. The summed E-state index contributed by atoms with van der Waals surface area (Å²) < 4.78 is 5.66. The predicted octanol–water partition coefficient (Wildman–Crippen LogP) is 3.72. The van der Waals surface area contributed by atoms with E-state index in [4.69, 9.17) is 4.74 Å². The number of rotatable bonds is 5. The van der Waals surface area contributed by atoms with E-state index in [1.807, 2.05) is 50.4 Å². The van der Waals surface area contributed by atoms with Gasteiger partial charge in [-0.2, -0.15) is 5.10 Å². The van der Waals surface area contributed by atoms with Crippen molar-refractivity contribution in [3.8, 4) is 5.75 Å². The highest BCUT2D eigenvalue weighted by molar-refractivity contribution is 6.00. The molecule has 0 aliphatic heterocycles. The summed E-state index contributed by atoms with van der Waals surface area (Å²) in [6, 6.07) is 15.0. The Bertz CT molecular complexity index is 881. The SMILES string of the molecule is CC(C)Oc1ccccc1C(=O)N/N=C\c1c[nH]c2ccccc12. The van der Waals surface area contributed by atoms with Crippen molar-refractivity contribution in [3.63, 3.8) is 0 Å². The van der Waals surface area contributed by atoms with E-state index in [1.165, 1.54) is 0 Å². The van der Waals surface area contributed by atoms with Gasteiger partial charge in [0.2, 0.25) is 0 Å². The van der Waals surface area contributed by atoms with Crippen molar-refractivity contribution in [1.29, 1.82) is 0 Å². The summed E-state index contributed by atoms with van der Waals surface area (Å²) in [5.74, 6) is 0.245. The fourth-order valence-corrected chi connectivity index (χ4v) is 2.43. The van der Waals surface area contributed by atoms with Crippen LogP contribution in [0.2, 0.25) is 0 Å². The Labute approximate surface area is 140 Å². The van der Waals surface area contributed by atoms with E-state index in [1.54, 1.807) is 24.4 Å². The maximum atomic E-state index is 12.3. The summed E-state index contributed by atoms with van der Waals surface area (Å²) in [5.41, 5.74) is 4.96. The Morgan fingerprint density at radius 1 is 1.17 bits per heavy atom. The fraction of sp³-hybridized carbons (Fsp3) is 0.158. The van der Waals surface area contributed by atoms with Crippen LogP contribution >= 0.6 is 0 Å². The maximum absolute atomic E-state index is 12.3. The number of hydrogen-bond donors (Lipinski definition) is 2. The average Bonchev–Trinajstić information content (AvgIpc) is 2.98. The molecule has 1 amide bonds. The number of aromatic nitrogens is 1. The number of fused-ring (bicyclic) bond motifs is 1. The van der Waals surface area contributed by atoms with Gasteiger partial charge in [-0.3, -0.25) is 4.79 Å². The van der Waals surface area contributed by atoms with E-state index in [-0.39, 0.29) is 12.0 Å². The zero-order valence-electron chi connectivity index (χ0n) is 13.6. The van der Waals surface area contributed by atoms with Crippen LogP contribution in [0.25, 0.3) is 10.9 Å². The summed E-state index contributed by atoms with van der Waals surface area (Å²) in [4.78, 5) is 15.5. The first kappa shape index (κ1) is 15.8. The molecular weight excluding hydrogens is 302 g/mol.